The van der Waals surface area contributed by atoms with E-state index in [-0.39, 0.29) is 11.6 Å². The van der Waals surface area contributed by atoms with Crippen molar-refractivity contribution < 1.29 is 9.32 Å². The maximum Gasteiger partial charge on any atom is 0.258 e. The van der Waals surface area contributed by atoms with Crippen LogP contribution in [-0.4, -0.2) is 15.9 Å². The number of hydrogen-bond acceptors (Lipinski definition) is 4. The third-order valence-corrected chi connectivity index (χ3v) is 2.57. The molecule has 0 radical (unpaired) electrons. The molecule has 4 heteroatoms. The molecule has 0 aliphatic heterocycles. The summed E-state index contributed by atoms with van der Waals surface area (Å²) >= 11 is 0. The Balaban J connectivity index is 2.30. The van der Waals surface area contributed by atoms with Crippen LogP contribution >= 0.6 is 0 Å². The highest BCUT2D eigenvalue weighted by Crippen LogP contribution is 2.21. The molecule has 1 aromatic heterocycles. The van der Waals surface area contributed by atoms with Crippen LogP contribution < -0.4 is 0 Å². The van der Waals surface area contributed by atoms with Gasteiger partial charge in [0, 0.05) is 12.5 Å². The summed E-state index contributed by atoms with van der Waals surface area (Å²) in [6, 6.07) is 7.90. The van der Waals surface area contributed by atoms with E-state index in [1.54, 1.807) is 0 Å². The maximum atomic E-state index is 11.0. The molecular weight excluding hydrogens is 216 g/mol. The molecule has 0 spiro atoms. The zero-order chi connectivity index (χ0) is 12.4. The number of aromatic nitrogens is 2. The summed E-state index contributed by atoms with van der Waals surface area (Å²) in [5.41, 5.74) is 2.08. The van der Waals surface area contributed by atoms with Gasteiger partial charge in [-0.1, -0.05) is 31.1 Å². The second-order valence-electron chi connectivity index (χ2n) is 4.26. The van der Waals surface area contributed by atoms with Gasteiger partial charge in [0.25, 0.3) is 5.89 Å². The largest absolute Gasteiger partial charge is 0.334 e. The Morgan fingerprint density at radius 2 is 1.88 bits per heavy atom. The molecule has 1 heterocycles. The molecule has 0 unspecified atom stereocenters. The third kappa shape index (κ3) is 2.41. The number of benzene rings is 1. The number of carbonyl (C=O) groups is 1. The highest BCUT2D eigenvalue weighted by Gasteiger charge is 2.11. The number of carbonyl (C=O) groups excluding carboxylic acids is 1. The molecule has 0 atom stereocenters. The van der Waals surface area contributed by atoms with Gasteiger partial charge in [0.1, 0.15) is 0 Å². The van der Waals surface area contributed by atoms with Crippen molar-refractivity contribution in [3.8, 4) is 11.5 Å². The Bertz CT molecular complexity index is 527. The molecule has 0 N–H and O–H groups in total. The van der Waals surface area contributed by atoms with Gasteiger partial charge in [0.05, 0.1) is 0 Å². The van der Waals surface area contributed by atoms with Gasteiger partial charge in [-0.2, -0.15) is 4.98 Å². The Hall–Kier alpha value is -1.97. The van der Waals surface area contributed by atoms with E-state index in [9.17, 15) is 4.79 Å². The summed E-state index contributed by atoms with van der Waals surface area (Å²) in [5.74, 6) is 0.789. The van der Waals surface area contributed by atoms with E-state index in [4.69, 9.17) is 4.52 Å². The fourth-order valence-corrected chi connectivity index (χ4v) is 1.49. The standard InChI is InChI=1S/C13H14N2O2/c1-8(2)10-4-6-11(7-5-10)13-14-12(9(3)16)15-17-13/h4-8H,1-3H3. The minimum Gasteiger partial charge on any atom is -0.334 e. The van der Waals surface area contributed by atoms with Gasteiger partial charge in [-0.05, 0) is 23.6 Å². The predicted octanol–water partition coefficient (Wildman–Crippen LogP) is 3.06. The summed E-state index contributed by atoms with van der Waals surface area (Å²) in [6.45, 7) is 5.68. The van der Waals surface area contributed by atoms with Crippen LogP contribution in [0.25, 0.3) is 11.5 Å². The molecule has 0 saturated carbocycles. The molecule has 2 rings (SSSR count). The third-order valence-electron chi connectivity index (χ3n) is 2.57. The Morgan fingerprint density at radius 3 is 2.35 bits per heavy atom. The molecule has 2 aromatic rings. The van der Waals surface area contributed by atoms with Crippen molar-refractivity contribution in [2.24, 2.45) is 0 Å². The van der Waals surface area contributed by atoms with E-state index < -0.39 is 0 Å². The van der Waals surface area contributed by atoms with Gasteiger partial charge in [-0.3, -0.25) is 4.79 Å². The lowest BCUT2D eigenvalue weighted by atomic mass is 10.0. The molecule has 0 aliphatic carbocycles. The second-order valence-corrected chi connectivity index (χ2v) is 4.26. The van der Waals surface area contributed by atoms with Crippen molar-refractivity contribution in [2.75, 3.05) is 0 Å². The van der Waals surface area contributed by atoms with Crippen molar-refractivity contribution in [3.05, 3.63) is 35.7 Å². The average Bonchev–Trinajstić information content (AvgIpc) is 2.78. The first-order chi connectivity index (χ1) is 8.08. The molecule has 88 valence electrons. The topological polar surface area (TPSA) is 56.0 Å². The van der Waals surface area contributed by atoms with Gasteiger partial charge < -0.3 is 4.52 Å². The van der Waals surface area contributed by atoms with Crippen molar-refractivity contribution >= 4 is 5.78 Å². The number of ketones is 1. The summed E-state index contributed by atoms with van der Waals surface area (Å²) in [4.78, 5) is 15.1. The first-order valence-electron chi connectivity index (χ1n) is 5.53. The highest BCUT2D eigenvalue weighted by atomic mass is 16.5. The Kier molecular flexibility index (Phi) is 3.04. The smallest absolute Gasteiger partial charge is 0.258 e. The van der Waals surface area contributed by atoms with Crippen LogP contribution in [0, 0.1) is 0 Å². The van der Waals surface area contributed by atoms with E-state index in [1.165, 1.54) is 12.5 Å². The normalized spacial score (nSPS) is 10.8. The summed E-state index contributed by atoms with van der Waals surface area (Å²) in [7, 11) is 0. The van der Waals surface area contributed by atoms with Crippen LogP contribution in [-0.2, 0) is 0 Å². The molecule has 17 heavy (non-hydrogen) atoms. The Labute approximate surface area is 99.7 Å². The summed E-state index contributed by atoms with van der Waals surface area (Å²) in [6.07, 6.45) is 0. The fourth-order valence-electron chi connectivity index (χ4n) is 1.49. The second kappa shape index (κ2) is 4.49. The maximum absolute atomic E-state index is 11.0. The van der Waals surface area contributed by atoms with Crippen LogP contribution in [0.15, 0.2) is 28.8 Å². The summed E-state index contributed by atoms with van der Waals surface area (Å²) < 4.78 is 5.03. The monoisotopic (exact) mass is 230 g/mol. The van der Waals surface area contributed by atoms with E-state index in [1.807, 2.05) is 24.3 Å². The molecule has 0 aliphatic rings. The van der Waals surface area contributed by atoms with Crippen molar-refractivity contribution in [3.63, 3.8) is 0 Å². The first kappa shape index (κ1) is 11.5. The van der Waals surface area contributed by atoms with Crippen LogP contribution in [0.5, 0.6) is 0 Å². The van der Waals surface area contributed by atoms with E-state index in [2.05, 4.69) is 24.0 Å². The van der Waals surface area contributed by atoms with Crippen LogP contribution in [0.4, 0.5) is 0 Å². The molecule has 0 fully saturated rings. The number of Topliss-reactive ketones (excluding diaryl/α,β-unsaturated/α-hetero) is 1. The van der Waals surface area contributed by atoms with Gasteiger partial charge >= 0.3 is 0 Å². The highest BCUT2D eigenvalue weighted by molar-refractivity contribution is 5.90. The molecule has 0 bridgehead atoms. The molecular formula is C13H14N2O2. The number of hydrogen-bond donors (Lipinski definition) is 0. The average molecular weight is 230 g/mol. The van der Waals surface area contributed by atoms with Crippen LogP contribution in [0.1, 0.15) is 42.9 Å². The van der Waals surface area contributed by atoms with E-state index >= 15 is 0 Å². The van der Waals surface area contributed by atoms with E-state index in [0.29, 0.717) is 11.8 Å². The van der Waals surface area contributed by atoms with Crippen molar-refractivity contribution in [1.29, 1.82) is 0 Å². The minimum atomic E-state index is -0.196. The van der Waals surface area contributed by atoms with Crippen LogP contribution in [0.2, 0.25) is 0 Å². The Morgan fingerprint density at radius 1 is 1.24 bits per heavy atom. The first-order valence-corrected chi connectivity index (χ1v) is 5.53. The van der Waals surface area contributed by atoms with Crippen molar-refractivity contribution in [1.82, 2.24) is 10.1 Å². The van der Waals surface area contributed by atoms with Crippen LogP contribution in [0.3, 0.4) is 0 Å². The predicted molar refractivity (Wildman–Crippen MR) is 63.8 cm³/mol. The molecule has 4 nitrogen and oxygen atoms in total. The summed E-state index contributed by atoms with van der Waals surface area (Å²) in [5, 5.41) is 3.61. The lowest BCUT2D eigenvalue weighted by Crippen LogP contribution is -1.94. The zero-order valence-corrected chi connectivity index (χ0v) is 10.1. The van der Waals surface area contributed by atoms with Gasteiger partial charge in [-0.15, -0.1) is 0 Å². The minimum absolute atomic E-state index is 0.118. The van der Waals surface area contributed by atoms with Gasteiger partial charge in [-0.25, -0.2) is 0 Å². The van der Waals surface area contributed by atoms with Gasteiger partial charge in [0.15, 0.2) is 0 Å². The molecule has 0 amide bonds. The van der Waals surface area contributed by atoms with Gasteiger partial charge in [0.2, 0.25) is 11.6 Å². The SMILES string of the molecule is CC(=O)c1noc(-c2ccc(C(C)C)cc2)n1. The number of rotatable bonds is 3. The fraction of sp³-hybridized carbons (Fsp3) is 0.308. The molecule has 1 aromatic carbocycles. The number of nitrogens with zero attached hydrogens (tertiary/aromatic N) is 2. The lowest BCUT2D eigenvalue weighted by Gasteiger charge is -2.04. The quantitative estimate of drug-likeness (QED) is 0.760. The van der Waals surface area contributed by atoms with Crippen molar-refractivity contribution in [2.45, 2.75) is 26.7 Å². The lowest BCUT2D eigenvalue weighted by molar-refractivity contribution is 0.100. The molecule has 0 saturated heterocycles. The van der Waals surface area contributed by atoms with E-state index in [0.717, 1.165) is 5.56 Å². The zero-order valence-electron chi connectivity index (χ0n) is 10.1.